The Balaban J connectivity index is 3.25. The largest absolute Gasteiger partial charge is 0.436 e. The summed E-state index contributed by atoms with van der Waals surface area (Å²) in [6.45, 7) is 1.47. The van der Waals surface area contributed by atoms with Crippen LogP contribution in [0.4, 0.5) is 39.5 Å². The Morgan fingerprint density at radius 1 is 1.05 bits per heavy atom. The summed E-state index contributed by atoms with van der Waals surface area (Å²) < 4.78 is 117. The van der Waals surface area contributed by atoms with Gasteiger partial charge in [0.15, 0.2) is 0 Å². The van der Waals surface area contributed by atoms with Crippen molar-refractivity contribution in [3.63, 3.8) is 0 Å². The van der Waals surface area contributed by atoms with E-state index in [-0.39, 0.29) is 12.8 Å². The third-order valence-electron chi connectivity index (χ3n) is 3.40. The summed E-state index contributed by atoms with van der Waals surface area (Å²) >= 11 is 0. The fourth-order valence-corrected chi connectivity index (χ4v) is 2.13. The third-order valence-corrected chi connectivity index (χ3v) is 3.40. The first-order valence-corrected chi connectivity index (χ1v) is 5.87. The van der Waals surface area contributed by atoms with Gasteiger partial charge in [0.05, 0.1) is 0 Å². The van der Waals surface area contributed by atoms with Crippen LogP contribution in [0.5, 0.6) is 0 Å². The minimum Gasteiger partial charge on any atom is -0.230 e. The first kappa shape index (κ1) is 18.1. The van der Waals surface area contributed by atoms with E-state index in [4.69, 9.17) is 0 Å². The molecule has 124 valence electrons. The quantitative estimate of drug-likeness (QED) is 0.420. The Morgan fingerprint density at radius 2 is 1.57 bits per heavy atom. The Morgan fingerprint density at radius 3 is 1.95 bits per heavy atom. The molecule has 1 aliphatic heterocycles. The van der Waals surface area contributed by atoms with Crippen LogP contribution in [0.2, 0.25) is 0 Å². The van der Waals surface area contributed by atoms with Gasteiger partial charge in [-0.25, -0.2) is 18.1 Å². The van der Waals surface area contributed by atoms with Gasteiger partial charge in [0, 0.05) is 13.0 Å². The van der Waals surface area contributed by atoms with Crippen molar-refractivity contribution in [2.24, 2.45) is 0 Å². The first-order chi connectivity index (χ1) is 9.31. The lowest BCUT2D eigenvalue weighted by atomic mass is 9.94. The second-order valence-corrected chi connectivity index (χ2v) is 4.71. The number of hydrogen-bond donors (Lipinski definition) is 0. The van der Waals surface area contributed by atoms with Crippen molar-refractivity contribution >= 4 is 0 Å². The molecule has 0 aromatic carbocycles. The van der Waals surface area contributed by atoms with E-state index in [0.717, 1.165) is 0 Å². The van der Waals surface area contributed by atoms with Crippen molar-refractivity contribution in [3.05, 3.63) is 12.7 Å². The maximum atomic E-state index is 14.0. The zero-order valence-electron chi connectivity index (χ0n) is 10.5. The molecule has 0 radical (unpaired) electrons. The maximum absolute atomic E-state index is 14.0. The van der Waals surface area contributed by atoms with E-state index in [0.29, 0.717) is 0 Å². The van der Waals surface area contributed by atoms with Gasteiger partial charge in [-0.05, 0) is 18.9 Å². The third kappa shape index (κ3) is 2.86. The molecule has 0 aromatic rings. The molecule has 0 amide bonds. The lowest BCUT2D eigenvalue weighted by Crippen LogP contribution is -2.66. The molecule has 0 aromatic heterocycles. The van der Waals surface area contributed by atoms with Crippen molar-refractivity contribution in [1.29, 1.82) is 0 Å². The minimum absolute atomic E-state index is 0.187. The Labute approximate surface area is 114 Å². The summed E-state index contributed by atoms with van der Waals surface area (Å²) in [5, 5.41) is 0. The minimum atomic E-state index is -5.86. The topological polar surface area (TPSA) is 3.24 Å². The van der Waals surface area contributed by atoms with Crippen LogP contribution >= 0.6 is 0 Å². The molecule has 0 saturated carbocycles. The van der Waals surface area contributed by atoms with Gasteiger partial charge in [-0.15, -0.1) is 0 Å². The number of halogens is 9. The van der Waals surface area contributed by atoms with Crippen LogP contribution in [-0.4, -0.2) is 41.6 Å². The fraction of sp³-hybridized carbons (Fsp3) is 0.818. The number of rotatable bonds is 3. The van der Waals surface area contributed by atoms with Crippen molar-refractivity contribution in [2.75, 3.05) is 6.54 Å². The molecular weight excluding hydrogens is 317 g/mol. The number of hydrogen-bond acceptors (Lipinski definition) is 1. The van der Waals surface area contributed by atoms with E-state index in [1.165, 1.54) is 0 Å². The van der Waals surface area contributed by atoms with Crippen LogP contribution in [-0.2, 0) is 0 Å². The molecule has 0 bridgehead atoms. The summed E-state index contributed by atoms with van der Waals surface area (Å²) in [4.78, 5) is -0.758. The number of likely N-dealkylation sites (tertiary alicyclic amines) is 1. The van der Waals surface area contributed by atoms with E-state index < -0.39 is 54.1 Å². The van der Waals surface area contributed by atoms with E-state index in [1.807, 2.05) is 0 Å². The lowest BCUT2D eigenvalue weighted by Gasteiger charge is -2.46. The molecule has 0 spiro atoms. The van der Waals surface area contributed by atoms with Crippen molar-refractivity contribution < 1.29 is 39.5 Å². The highest BCUT2D eigenvalue weighted by Crippen LogP contribution is 2.49. The zero-order chi connectivity index (χ0) is 16.7. The predicted octanol–water partition coefficient (Wildman–Crippen LogP) is 4.45. The Hall–Kier alpha value is -0.930. The van der Waals surface area contributed by atoms with Gasteiger partial charge >= 0.3 is 12.4 Å². The van der Waals surface area contributed by atoms with Crippen molar-refractivity contribution in [3.8, 4) is 0 Å². The van der Waals surface area contributed by atoms with Crippen LogP contribution in [0.15, 0.2) is 12.7 Å². The summed E-state index contributed by atoms with van der Waals surface area (Å²) in [7, 11) is 0. The standard InChI is InChI=1S/C11H12F9N/c1-2-8(13,10(15,16)17)7(12)21-6-4-3-5-9(21,14)11(18,19)20/h2,7H,1,3-6H2. The average molecular weight is 329 g/mol. The van der Waals surface area contributed by atoms with Crippen molar-refractivity contribution in [2.45, 2.75) is 49.4 Å². The molecule has 1 aliphatic rings. The smallest absolute Gasteiger partial charge is 0.230 e. The van der Waals surface area contributed by atoms with Gasteiger partial charge in [0.1, 0.15) is 0 Å². The number of alkyl halides is 9. The molecule has 3 atom stereocenters. The average Bonchev–Trinajstić information content (AvgIpc) is 2.34. The van der Waals surface area contributed by atoms with Gasteiger partial charge < -0.3 is 0 Å². The van der Waals surface area contributed by atoms with Gasteiger partial charge in [-0.2, -0.15) is 26.3 Å². The maximum Gasteiger partial charge on any atom is 0.436 e. The number of nitrogens with zero attached hydrogens (tertiary/aromatic N) is 1. The highest BCUT2D eigenvalue weighted by molar-refractivity contribution is 5.09. The second-order valence-electron chi connectivity index (χ2n) is 4.71. The van der Waals surface area contributed by atoms with E-state index >= 15 is 0 Å². The first-order valence-electron chi connectivity index (χ1n) is 5.87. The normalized spacial score (nSPS) is 29.8. The van der Waals surface area contributed by atoms with E-state index in [9.17, 15) is 39.5 Å². The predicted molar refractivity (Wildman–Crippen MR) is 55.4 cm³/mol. The Kier molecular flexibility index (Phi) is 4.63. The molecule has 1 rings (SSSR count). The second kappa shape index (κ2) is 5.36. The summed E-state index contributed by atoms with van der Waals surface area (Å²) in [5.74, 6) is -4.35. The molecule has 1 heterocycles. The molecule has 3 unspecified atom stereocenters. The fourth-order valence-electron chi connectivity index (χ4n) is 2.13. The van der Waals surface area contributed by atoms with E-state index in [2.05, 4.69) is 6.58 Å². The molecule has 1 nitrogen and oxygen atoms in total. The number of piperidine rings is 1. The summed E-state index contributed by atoms with van der Waals surface area (Å²) in [5.41, 5.74) is -4.80. The van der Waals surface area contributed by atoms with Gasteiger partial charge in [-0.1, -0.05) is 6.58 Å². The van der Waals surface area contributed by atoms with E-state index in [1.54, 1.807) is 0 Å². The van der Waals surface area contributed by atoms with Gasteiger partial charge in [-0.3, -0.25) is 0 Å². The highest BCUT2D eigenvalue weighted by atomic mass is 19.4. The highest BCUT2D eigenvalue weighted by Gasteiger charge is 2.69. The van der Waals surface area contributed by atoms with Crippen LogP contribution in [0, 0.1) is 0 Å². The molecule has 1 fully saturated rings. The van der Waals surface area contributed by atoms with Crippen LogP contribution in [0.3, 0.4) is 0 Å². The van der Waals surface area contributed by atoms with Crippen molar-refractivity contribution in [1.82, 2.24) is 4.90 Å². The molecule has 1 saturated heterocycles. The molecule has 21 heavy (non-hydrogen) atoms. The zero-order valence-corrected chi connectivity index (χ0v) is 10.5. The molecule has 10 heteroatoms. The monoisotopic (exact) mass is 329 g/mol. The summed E-state index contributed by atoms with van der Waals surface area (Å²) in [6.07, 6.45) is -17.7. The lowest BCUT2D eigenvalue weighted by molar-refractivity contribution is -0.332. The van der Waals surface area contributed by atoms with Crippen LogP contribution in [0.1, 0.15) is 19.3 Å². The molecular formula is C11H12F9N. The van der Waals surface area contributed by atoms with Gasteiger partial charge in [0.2, 0.25) is 6.30 Å². The summed E-state index contributed by atoms with van der Waals surface area (Å²) in [6, 6.07) is 0. The molecule has 0 N–H and O–H groups in total. The van der Waals surface area contributed by atoms with Crippen LogP contribution < -0.4 is 0 Å². The molecule has 0 aliphatic carbocycles. The van der Waals surface area contributed by atoms with Crippen LogP contribution in [0.25, 0.3) is 0 Å². The Bertz CT molecular complexity index is 390. The SMILES string of the molecule is C=CC(F)(C(F)N1CCCCC1(F)C(F)(F)F)C(F)(F)F. The van der Waals surface area contributed by atoms with Gasteiger partial charge in [0.25, 0.3) is 11.5 Å².